The Morgan fingerprint density at radius 1 is 1.05 bits per heavy atom. The van der Waals surface area contributed by atoms with Gasteiger partial charge in [-0.3, -0.25) is 4.68 Å². The second kappa shape index (κ2) is 10.2. The molecule has 11 nitrogen and oxygen atoms in total. The minimum atomic E-state index is 0.0813. The van der Waals surface area contributed by atoms with Crippen LogP contribution in [-0.2, 0) is 7.05 Å². The first-order valence-corrected chi connectivity index (χ1v) is 14.1. The van der Waals surface area contributed by atoms with E-state index in [1.807, 2.05) is 19.3 Å². The molecule has 4 aromatic heterocycles. The van der Waals surface area contributed by atoms with Crippen LogP contribution >= 0.6 is 0 Å². The quantitative estimate of drug-likeness (QED) is 0.347. The van der Waals surface area contributed by atoms with Crippen LogP contribution < -0.4 is 15.0 Å². The summed E-state index contributed by atoms with van der Waals surface area (Å²) in [5, 5.41) is 13.9. The smallest absolute Gasteiger partial charge is 0.222 e. The predicted molar refractivity (Wildman–Crippen MR) is 160 cm³/mol. The number of aromatic nitrogens is 7. The van der Waals surface area contributed by atoms with Crippen molar-refractivity contribution in [1.29, 1.82) is 0 Å². The lowest BCUT2D eigenvalue weighted by Gasteiger charge is -2.22. The molecule has 2 atom stereocenters. The normalized spacial score (nSPS) is 18.8. The molecule has 41 heavy (non-hydrogen) atoms. The van der Waals surface area contributed by atoms with E-state index < -0.39 is 0 Å². The molecule has 1 saturated heterocycles. The Hall–Kier alpha value is -4.51. The molecule has 1 N–H and O–H groups in total. The van der Waals surface area contributed by atoms with Crippen LogP contribution in [0.4, 0.5) is 17.3 Å². The lowest BCUT2D eigenvalue weighted by atomic mass is 10.1. The van der Waals surface area contributed by atoms with Crippen LogP contribution in [0.15, 0.2) is 55.0 Å². The summed E-state index contributed by atoms with van der Waals surface area (Å²) in [4.78, 5) is 18.8. The van der Waals surface area contributed by atoms with Crippen LogP contribution in [0.3, 0.4) is 0 Å². The number of fused-ring (bicyclic) bond motifs is 5. The first-order chi connectivity index (χ1) is 19.9. The number of ether oxygens (including phenoxy) is 1. The summed E-state index contributed by atoms with van der Waals surface area (Å²) >= 11 is 0. The second-order valence-electron chi connectivity index (χ2n) is 11.1. The number of rotatable bonds is 3. The number of pyridine rings is 1. The lowest BCUT2D eigenvalue weighted by Crippen LogP contribution is -2.31. The van der Waals surface area contributed by atoms with E-state index >= 15 is 0 Å². The summed E-state index contributed by atoms with van der Waals surface area (Å²) in [7, 11) is 6.19. The molecule has 0 saturated carbocycles. The molecular weight excluding hydrogens is 516 g/mol. The fourth-order valence-electron chi connectivity index (χ4n) is 5.79. The van der Waals surface area contributed by atoms with E-state index in [1.165, 1.54) is 12.1 Å². The average Bonchev–Trinajstić information content (AvgIpc) is 3.70. The zero-order valence-electron chi connectivity index (χ0n) is 23.8. The number of hydrogen-bond acceptors (Lipinski definition) is 9. The van der Waals surface area contributed by atoms with Crippen LogP contribution in [0.2, 0.25) is 0 Å². The lowest BCUT2D eigenvalue weighted by molar-refractivity contribution is 0.260. The maximum Gasteiger partial charge on any atom is 0.222 e. The van der Waals surface area contributed by atoms with E-state index in [-0.39, 0.29) is 6.04 Å². The number of nitrogens with one attached hydrogen (secondary N) is 1. The first kappa shape index (κ1) is 25.5. The monoisotopic (exact) mass is 550 g/mol. The summed E-state index contributed by atoms with van der Waals surface area (Å²) in [5.74, 6) is 2.53. The highest BCUT2D eigenvalue weighted by Crippen LogP contribution is 2.35. The van der Waals surface area contributed by atoms with Crippen molar-refractivity contribution in [2.75, 3.05) is 44.0 Å². The van der Waals surface area contributed by atoms with Crippen LogP contribution in [0, 0.1) is 0 Å². The standard InChI is InChI=1S/C30H34N10O/c1-19-10-13-41-30-24(17-33-38(30)4)29-31-11-8-26(35-29)34-27-15-25-23(16-32-27)28(36-40(19)25)20-6-5-7-21(14-20)39-12-9-22(18-39)37(2)3/h5-8,11,14-17,19,22H,9-10,12-13,18H2,1-4H3,(H,31,32,34,35)/t19-,22+/m0/s1. The largest absolute Gasteiger partial charge is 0.477 e. The zero-order valence-corrected chi connectivity index (χ0v) is 23.8. The van der Waals surface area contributed by atoms with E-state index in [2.05, 4.69) is 81.2 Å². The van der Waals surface area contributed by atoms with Gasteiger partial charge in [-0.15, -0.1) is 0 Å². The molecule has 1 aromatic carbocycles. The van der Waals surface area contributed by atoms with Gasteiger partial charge in [0.05, 0.1) is 24.4 Å². The Balaban J connectivity index is 1.29. The van der Waals surface area contributed by atoms with E-state index in [0.717, 1.165) is 47.2 Å². The van der Waals surface area contributed by atoms with E-state index in [1.54, 1.807) is 17.1 Å². The van der Waals surface area contributed by atoms with Crippen LogP contribution in [0.5, 0.6) is 5.88 Å². The molecule has 2 aliphatic heterocycles. The van der Waals surface area contributed by atoms with Gasteiger partial charge in [-0.2, -0.15) is 10.2 Å². The highest BCUT2D eigenvalue weighted by Gasteiger charge is 2.25. The summed E-state index contributed by atoms with van der Waals surface area (Å²) in [5.41, 5.74) is 5.01. The summed E-state index contributed by atoms with van der Waals surface area (Å²) in [6.45, 7) is 4.76. The van der Waals surface area contributed by atoms with Gasteiger partial charge in [0.1, 0.15) is 22.9 Å². The number of likely N-dealkylation sites (N-methyl/N-ethyl adjacent to an activating group) is 1. The Morgan fingerprint density at radius 2 is 1.95 bits per heavy atom. The zero-order chi connectivity index (χ0) is 28.1. The summed E-state index contributed by atoms with van der Waals surface area (Å²) < 4.78 is 10.1. The van der Waals surface area contributed by atoms with Crippen molar-refractivity contribution >= 4 is 28.2 Å². The van der Waals surface area contributed by atoms with Crippen molar-refractivity contribution in [3.63, 3.8) is 0 Å². The molecule has 4 bridgehead atoms. The maximum absolute atomic E-state index is 6.25. The molecular formula is C30H34N10O. The molecule has 0 amide bonds. The predicted octanol–water partition coefficient (Wildman–Crippen LogP) is 4.52. The Bertz CT molecular complexity index is 1720. The van der Waals surface area contributed by atoms with Crippen LogP contribution in [-0.4, -0.2) is 79.2 Å². The van der Waals surface area contributed by atoms with Gasteiger partial charge in [0.15, 0.2) is 5.82 Å². The number of aryl methyl sites for hydroxylation is 1. The third kappa shape index (κ3) is 4.65. The maximum atomic E-state index is 6.25. The molecule has 11 heteroatoms. The molecule has 7 rings (SSSR count). The fourth-order valence-corrected chi connectivity index (χ4v) is 5.79. The van der Waals surface area contributed by atoms with Gasteiger partial charge in [0, 0.05) is 67.7 Å². The van der Waals surface area contributed by atoms with E-state index in [4.69, 9.17) is 19.8 Å². The minimum Gasteiger partial charge on any atom is -0.477 e. The molecule has 0 spiro atoms. The number of nitrogens with zero attached hydrogens (tertiary/aromatic N) is 9. The second-order valence-corrected chi connectivity index (χ2v) is 11.1. The SMILES string of the molecule is C[C@H]1CCOc2c(cnn2C)-c2nccc(n2)Nc2cc3c(cn2)c(-c2cccc(N4CC[C@@H](N(C)C)C4)c2)nn31. The molecule has 0 unspecified atom stereocenters. The van der Waals surface area contributed by atoms with Crippen LogP contribution in [0.25, 0.3) is 33.5 Å². The Morgan fingerprint density at radius 3 is 2.80 bits per heavy atom. The fraction of sp³-hybridized carbons (Fsp3) is 0.367. The number of anilines is 3. The summed E-state index contributed by atoms with van der Waals surface area (Å²) in [6, 6.07) is 13.3. The van der Waals surface area contributed by atoms with Gasteiger partial charge in [-0.1, -0.05) is 12.1 Å². The molecule has 210 valence electrons. The van der Waals surface area contributed by atoms with Gasteiger partial charge in [0.2, 0.25) is 5.88 Å². The van der Waals surface area contributed by atoms with Crippen molar-refractivity contribution in [3.8, 4) is 28.5 Å². The van der Waals surface area contributed by atoms with Crippen LogP contribution in [0.1, 0.15) is 25.8 Å². The topological polar surface area (TPSA) is 102 Å². The molecule has 2 aliphatic rings. The van der Waals surface area contributed by atoms with Crippen molar-refractivity contribution in [2.45, 2.75) is 31.8 Å². The third-order valence-electron chi connectivity index (χ3n) is 8.20. The van der Waals surface area contributed by atoms with Crippen molar-refractivity contribution in [1.82, 2.24) is 39.4 Å². The molecule has 0 radical (unpaired) electrons. The third-order valence-corrected chi connectivity index (χ3v) is 8.20. The van der Waals surface area contributed by atoms with E-state index in [9.17, 15) is 0 Å². The highest BCUT2D eigenvalue weighted by atomic mass is 16.5. The average molecular weight is 551 g/mol. The van der Waals surface area contributed by atoms with Gasteiger partial charge >= 0.3 is 0 Å². The highest BCUT2D eigenvalue weighted by molar-refractivity contribution is 5.94. The summed E-state index contributed by atoms with van der Waals surface area (Å²) in [6.07, 6.45) is 7.31. The molecule has 5 aromatic rings. The minimum absolute atomic E-state index is 0.0813. The van der Waals surface area contributed by atoms with E-state index in [0.29, 0.717) is 36.0 Å². The first-order valence-electron chi connectivity index (χ1n) is 14.1. The Labute approximate surface area is 238 Å². The van der Waals surface area contributed by atoms with Gasteiger partial charge in [0.25, 0.3) is 0 Å². The Kier molecular flexibility index (Phi) is 6.30. The van der Waals surface area contributed by atoms with Crippen molar-refractivity contribution in [3.05, 3.63) is 55.0 Å². The number of benzene rings is 1. The van der Waals surface area contributed by atoms with Gasteiger partial charge < -0.3 is 19.9 Å². The van der Waals surface area contributed by atoms with Crippen molar-refractivity contribution < 1.29 is 4.74 Å². The molecule has 6 heterocycles. The van der Waals surface area contributed by atoms with Gasteiger partial charge in [-0.25, -0.2) is 19.6 Å². The molecule has 0 aliphatic carbocycles. The van der Waals surface area contributed by atoms with Crippen molar-refractivity contribution in [2.24, 2.45) is 7.05 Å². The molecule has 1 fully saturated rings. The van der Waals surface area contributed by atoms with Gasteiger partial charge in [-0.05, 0) is 45.6 Å². The number of hydrogen-bond donors (Lipinski definition) is 1.